The normalized spacial score (nSPS) is 16.1. The minimum atomic E-state index is -0.169. The molecule has 1 aliphatic rings. The van der Waals surface area contributed by atoms with Crippen LogP contribution < -0.4 is 15.2 Å². The monoisotopic (exact) mass is 275 g/mol. The van der Waals surface area contributed by atoms with E-state index in [1.165, 1.54) is 0 Å². The first kappa shape index (κ1) is 12.5. The second-order valence-electron chi connectivity index (χ2n) is 4.72. The molecule has 1 atom stereocenters. The minimum absolute atomic E-state index is 0.169. The van der Waals surface area contributed by atoms with Crippen LogP contribution in [0.5, 0.6) is 11.5 Å². The number of nitrogens with two attached hydrogens (primary N) is 1. The number of methoxy groups -OCH3 is 1. The van der Waals surface area contributed by atoms with E-state index in [9.17, 15) is 0 Å². The van der Waals surface area contributed by atoms with Crippen LogP contribution >= 0.6 is 11.3 Å². The van der Waals surface area contributed by atoms with Gasteiger partial charge in [-0.3, -0.25) is 0 Å². The van der Waals surface area contributed by atoms with Gasteiger partial charge in [0.05, 0.1) is 24.1 Å². The highest BCUT2D eigenvalue weighted by atomic mass is 32.1. The van der Waals surface area contributed by atoms with Crippen molar-refractivity contribution in [2.24, 2.45) is 5.73 Å². The predicted molar refractivity (Wildman–Crippen MR) is 77.0 cm³/mol. The van der Waals surface area contributed by atoms with Gasteiger partial charge in [-0.05, 0) is 42.0 Å². The van der Waals surface area contributed by atoms with E-state index < -0.39 is 0 Å². The summed E-state index contributed by atoms with van der Waals surface area (Å²) in [5.74, 6) is 1.76. The molecule has 1 aromatic heterocycles. The van der Waals surface area contributed by atoms with Gasteiger partial charge < -0.3 is 15.2 Å². The Kier molecular flexibility index (Phi) is 3.44. The molecule has 0 aliphatic heterocycles. The fraction of sp³-hybridized carbons (Fsp3) is 0.333. The quantitative estimate of drug-likeness (QED) is 0.910. The summed E-state index contributed by atoms with van der Waals surface area (Å²) in [6.07, 6.45) is 2.73. The highest BCUT2D eigenvalue weighted by Gasteiger charge is 2.24. The Hall–Kier alpha value is -1.52. The molecular weight excluding hydrogens is 258 g/mol. The standard InChI is InChI=1S/C15H17NO2S/c1-17-13-7-8-19-15(13)14(16)10-3-2-4-12(9-10)18-11-5-6-11/h2-4,7-9,11,14H,5-6,16H2,1H3. The van der Waals surface area contributed by atoms with Crippen LogP contribution in [0.3, 0.4) is 0 Å². The summed E-state index contributed by atoms with van der Waals surface area (Å²) in [5.41, 5.74) is 7.38. The lowest BCUT2D eigenvalue weighted by Gasteiger charge is -2.14. The summed E-state index contributed by atoms with van der Waals surface area (Å²) >= 11 is 1.62. The van der Waals surface area contributed by atoms with E-state index in [4.69, 9.17) is 15.2 Å². The molecule has 0 bridgehead atoms. The predicted octanol–water partition coefficient (Wildman–Crippen LogP) is 3.35. The van der Waals surface area contributed by atoms with Crippen LogP contribution in [-0.2, 0) is 0 Å². The Balaban J connectivity index is 1.84. The van der Waals surface area contributed by atoms with E-state index in [1.54, 1.807) is 18.4 Å². The maximum absolute atomic E-state index is 6.33. The van der Waals surface area contributed by atoms with Crippen LogP contribution in [0, 0.1) is 0 Å². The van der Waals surface area contributed by atoms with Crippen molar-refractivity contribution in [2.75, 3.05) is 7.11 Å². The van der Waals surface area contributed by atoms with E-state index in [0.717, 1.165) is 34.8 Å². The van der Waals surface area contributed by atoms with Gasteiger partial charge in [-0.1, -0.05) is 12.1 Å². The fourth-order valence-electron chi connectivity index (χ4n) is 2.02. The largest absolute Gasteiger partial charge is 0.496 e. The molecular formula is C15H17NO2S. The van der Waals surface area contributed by atoms with Crippen LogP contribution in [0.4, 0.5) is 0 Å². The summed E-state index contributed by atoms with van der Waals surface area (Å²) < 4.78 is 11.1. The lowest BCUT2D eigenvalue weighted by atomic mass is 10.1. The molecule has 0 saturated heterocycles. The zero-order valence-corrected chi connectivity index (χ0v) is 11.7. The molecule has 0 amide bonds. The average Bonchev–Trinajstić information content (AvgIpc) is 3.11. The lowest BCUT2D eigenvalue weighted by molar-refractivity contribution is 0.303. The number of hydrogen-bond acceptors (Lipinski definition) is 4. The fourth-order valence-corrected chi connectivity index (χ4v) is 2.90. The van der Waals surface area contributed by atoms with Crippen molar-refractivity contribution in [3.8, 4) is 11.5 Å². The van der Waals surface area contributed by atoms with Gasteiger partial charge in [0.2, 0.25) is 0 Å². The summed E-state index contributed by atoms with van der Waals surface area (Å²) in [6.45, 7) is 0. The lowest BCUT2D eigenvalue weighted by Crippen LogP contribution is -2.11. The molecule has 1 fully saturated rings. The molecule has 1 heterocycles. The van der Waals surface area contributed by atoms with Gasteiger partial charge in [0, 0.05) is 0 Å². The Labute approximate surface area is 117 Å². The van der Waals surface area contributed by atoms with Gasteiger partial charge in [0.25, 0.3) is 0 Å². The maximum Gasteiger partial charge on any atom is 0.134 e. The van der Waals surface area contributed by atoms with Crippen molar-refractivity contribution in [1.29, 1.82) is 0 Å². The Morgan fingerprint density at radius 3 is 2.89 bits per heavy atom. The molecule has 19 heavy (non-hydrogen) atoms. The Morgan fingerprint density at radius 2 is 2.16 bits per heavy atom. The zero-order valence-electron chi connectivity index (χ0n) is 10.8. The number of benzene rings is 1. The summed E-state index contributed by atoms with van der Waals surface area (Å²) in [6, 6.07) is 9.82. The van der Waals surface area contributed by atoms with Gasteiger partial charge in [-0.15, -0.1) is 11.3 Å². The third kappa shape index (κ3) is 2.74. The summed E-state index contributed by atoms with van der Waals surface area (Å²) in [5, 5.41) is 2.00. The first-order valence-corrected chi connectivity index (χ1v) is 7.29. The van der Waals surface area contributed by atoms with Crippen LogP contribution in [0.25, 0.3) is 0 Å². The average molecular weight is 275 g/mol. The second kappa shape index (κ2) is 5.23. The van der Waals surface area contributed by atoms with E-state index in [0.29, 0.717) is 6.10 Å². The van der Waals surface area contributed by atoms with Gasteiger partial charge in [0.15, 0.2) is 0 Å². The van der Waals surface area contributed by atoms with Crippen molar-refractivity contribution in [3.05, 3.63) is 46.2 Å². The highest BCUT2D eigenvalue weighted by molar-refractivity contribution is 7.10. The van der Waals surface area contributed by atoms with Crippen molar-refractivity contribution >= 4 is 11.3 Å². The summed E-state index contributed by atoms with van der Waals surface area (Å²) in [7, 11) is 1.67. The topological polar surface area (TPSA) is 44.5 Å². The van der Waals surface area contributed by atoms with Crippen molar-refractivity contribution < 1.29 is 9.47 Å². The number of thiophene rings is 1. The molecule has 1 aliphatic carbocycles. The molecule has 4 heteroatoms. The number of rotatable bonds is 5. The van der Waals surface area contributed by atoms with E-state index in [2.05, 4.69) is 0 Å². The van der Waals surface area contributed by atoms with Gasteiger partial charge in [-0.2, -0.15) is 0 Å². The third-order valence-electron chi connectivity index (χ3n) is 3.20. The van der Waals surface area contributed by atoms with E-state index >= 15 is 0 Å². The summed E-state index contributed by atoms with van der Waals surface area (Å²) in [4.78, 5) is 1.05. The van der Waals surface area contributed by atoms with E-state index in [-0.39, 0.29) is 6.04 Å². The smallest absolute Gasteiger partial charge is 0.134 e. The van der Waals surface area contributed by atoms with Crippen LogP contribution in [-0.4, -0.2) is 13.2 Å². The Morgan fingerprint density at radius 1 is 1.32 bits per heavy atom. The van der Waals surface area contributed by atoms with Gasteiger partial charge in [0.1, 0.15) is 11.5 Å². The Bertz CT molecular complexity index is 563. The molecule has 3 nitrogen and oxygen atoms in total. The highest BCUT2D eigenvalue weighted by Crippen LogP contribution is 2.35. The molecule has 1 saturated carbocycles. The maximum atomic E-state index is 6.33. The molecule has 3 rings (SSSR count). The molecule has 100 valence electrons. The molecule has 2 aromatic rings. The van der Waals surface area contributed by atoms with Crippen LogP contribution in [0.15, 0.2) is 35.7 Å². The van der Waals surface area contributed by atoms with Crippen LogP contribution in [0.2, 0.25) is 0 Å². The third-order valence-corrected chi connectivity index (χ3v) is 4.19. The van der Waals surface area contributed by atoms with Crippen molar-refractivity contribution in [1.82, 2.24) is 0 Å². The molecule has 0 spiro atoms. The number of hydrogen-bond donors (Lipinski definition) is 1. The van der Waals surface area contributed by atoms with Gasteiger partial charge >= 0.3 is 0 Å². The first-order chi connectivity index (χ1) is 9.28. The van der Waals surface area contributed by atoms with E-state index in [1.807, 2.05) is 35.7 Å². The van der Waals surface area contributed by atoms with Crippen LogP contribution in [0.1, 0.15) is 29.3 Å². The first-order valence-electron chi connectivity index (χ1n) is 6.41. The molecule has 0 radical (unpaired) electrons. The van der Waals surface area contributed by atoms with Crippen molar-refractivity contribution in [3.63, 3.8) is 0 Å². The van der Waals surface area contributed by atoms with Crippen molar-refractivity contribution in [2.45, 2.75) is 25.0 Å². The zero-order chi connectivity index (χ0) is 13.2. The minimum Gasteiger partial charge on any atom is -0.496 e. The molecule has 1 aromatic carbocycles. The second-order valence-corrected chi connectivity index (χ2v) is 5.67. The van der Waals surface area contributed by atoms with Gasteiger partial charge in [-0.25, -0.2) is 0 Å². The SMILES string of the molecule is COc1ccsc1C(N)c1cccc(OC2CC2)c1. The molecule has 1 unspecified atom stereocenters. The molecule has 2 N–H and O–H groups in total. The number of ether oxygens (including phenoxy) is 2.